The van der Waals surface area contributed by atoms with Crippen LogP contribution < -0.4 is 5.32 Å². The highest BCUT2D eigenvalue weighted by Crippen LogP contribution is 2.30. The molecule has 5 heteroatoms. The number of aromatic nitrogens is 3. The minimum Gasteiger partial charge on any atom is -0.313 e. The summed E-state index contributed by atoms with van der Waals surface area (Å²) in [5, 5.41) is 5.41. The summed E-state index contributed by atoms with van der Waals surface area (Å²) in [6.07, 6.45) is 7.23. The zero-order chi connectivity index (χ0) is 14.2. The molecular weight excluding hydrogens is 280 g/mol. The van der Waals surface area contributed by atoms with Crippen molar-refractivity contribution in [3.05, 3.63) is 41.2 Å². The van der Waals surface area contributed by atoms with Gasteiger partial charge in [-0.25, -0.2) is 9.97 Å². The number of pyridine rings is 1. The topological polar surface area (TPSA) is 50.7 Å². The monoisotopic (exact) mass is 296 g/mol. The molecule has 21 heavy (non-hydrogen) atoms. The lowest BCUT2D eigenvalue weighted by molar-refractivity contribution is 0.488. The quantitative estimate of drug-likeness (QED) is 0.788. The smallest absolute Gasteiger partial charge is 0.161 e. The average molecular weight is 296 g/mol. The van der Waals surface area contributed by atoms with Gasteiger partial charge in [-0.1, -0.05) is 0 Å². The zero-order valence-corrected chi connectivity index (χ0v) is 12.7. The Bertz CT molecular complexity index is 796. The van der Waals surface area contributed by atoms with Gasteiger partial charge in [-0.15, -0.1) is 11.3 Å². The van der Waals surface area contributed by atoms with Gasteiger partial charge in [0, 0.05) is 35.3 Å². The average Bonchev–Trinajstić information content (AvgIpc) is 3.01. The Morgan fingerprint density at radius 3 is 3.14 bits per heavy atom. The first-order valence-corrected chi connectivity index (χ1v) is 8.10. The van der Waals surface area contributed by atoms with Crippen LogP contribution in [0.1, 0.15) is 30.1 Å². The molecule has 4 rings (SSSR count). The van der Waals surface area contributed by atoms with E-state index < -0.39 is 0 Å². The summed E-state index contributed by atoms with van der Waals surface area (Å²) in [6.45, 7) is 0. The van der Waals surface area contributed by atoms with Crippen molar-refractivity contribution in [2.75, 3.05) is 7.05 Å². The minimum absolute atomic E-state index is 0.390. The van der Waals surface area contributed by atoms with E-state index >= 15 is 0 Å². The molecule has 0 bridgehead atoms. The molecule has 0 saturated heterocycles. The van der Waals surface area contributed by atoms with Gasteiger partial charge in [0.15, 0.2) is 5.82 Å². The van der Waals surface area contributed by atoms with Gasteiger partial charge in [0.2, 0.25) is 0 Å². The van der Waals surface area contributed by atoms with Crippen LogP contribution in [0, 0.1) is 0 Å². The first-order chi connectivity index (χ1) is 10.3. The second-order valence-corrected chi connectivity index (χ2v) is 6.30. The maximum Gasteiger partial charge on any atom is 0.161 e. The molecule has 0 aliphatic heterocycles. The van der Waals surface area contributed by atoms with Gasteiger partial charge in [0.25, 0.3) is 0 Å². The van der Waals surface area contributed by atoms with Crippen LogP contribution in [0.25, 0.3) is 21.6 Å². The summed E-state index contributed by atoms with van der Waals surface area (Å²) in [4.78, 5) is 13.8. The van der Waals surface area contributed by atoms with Crippen LogP contribution in [-0.4, -0.2) is 22.0 Å². The predicted molar refractivity (Wildman–Crippen MR) is 85.4 cm³/mol. The van der Waals surface area contributed by atoms with Crippen molar-refractivity contribution in [1.82, 2.24) is 20.3 Å². The van der Waals surface area contributed by atoms with Gasteiger partial charge < -0.3 is 5.32 Å². The highest BCUT2D eigenvalue weighted by atomic mass is 32.1. The van der Waals surface area contributed by atoms with E-state index in [1.807, 2.05) is 25.5 Å². The standard InChI is InChI=1S/C16H16N4S/c1-17-12-3-2-4-13-11(12)9-19-16(20-13)10-7-15-14(18-8-10)5-6-21-15/h5-9,12,17H,2-4H2,1H3. The normalized spacial score (nSPS) is 17.9. The van der Waals surface area contributed by atoms with Crippen LogP contribution in [0.3, 0.4) is 0 Å². The molecule has 0 radical (unpaired) electrons. The van der Waals surface area contributed by atoms with Gasteiger partial charge in [0.1, 0.15) is 0 Å². The molecule has 1 N–H and O–H groups in total. The first kappa shape index (κ1) is 12.9. The second kappa shape index (κ2) is 5.16. The van der Waals surface area contributed by atoms with Crippen LogP contribution in [0.2, 0.25) is 0 Å². The number of thiophene rings is 1. The van der Waals surface area contributed by atoms with Crippen LogP contribution >= 0.6 is 11.3 Å². The van der Waals surface area contributed by atoms with Crippen molar-refractivity contribution in [2.45, 2.75) is 25.3 Å². The number of rotatable bonds is 2. The zero-order valence-electron chi connectivity index (χ0n) is 11.8. The number of aryl methyl sites for hydroxylation is 1. The Labute approximate surface area is 127 Å². The van der Waals surface area contributed by atoms with E-state index in [0.717, 1.165) is 29.7 Å². The molecule has 3 aromatic heterocycles. The van der Waals surface area contributed by atoms with Crippen molar-refractivity contribution in [3.63, 3.8) is 0 Å². The Morgan fingerprint density at radius 1 is 1.29 bits per heavy atom. The molecule has 0 spiro atoms. The molecule has 1 aliphatic carbocycles. The molecule has 0 saturated carbocycles. The predicted octanol–water partition coefficient (Wildman–Crippen LogP) is 3.35. The molecule has 0 aromatic carbocycles. The van der Waals surface area contributed by atoms with Crippen molar-refractivity contribution in [2.24, 2.45) is 0 Å². The van der Waals surface area contributed by atoms with E-state index in [1.54, 1.807) is 11.3 Å². The maximum atomic E-state index is 4.79. The third-order valence-corrected chi connectivity index (χ3v) is 4.94. The first-order valence-electron chi connectivity index (χ1n) is 7.22. The largest absolute Gasteiger partial charge is 0.313 e. The lowest BCUT2D eigenvalue weighted by atomic mass is 9.92. The summed E-state index contributed by atoms with van der Waals surface area (Å²) in [7, 11) is 2.00. The highest BCUT2D eigenvalue weighted by Gasteiger charge is 2.21. The van der Waals surface area contributed by atoms with Gasteiger partial charge in [-0.2, -0.15) is 0 Å². The molecule has 0 amide bonds. The van der Waals surface area contributed by atoms with Crippen LogP contribution in [-0.2, 0) is 6.42 Å². The number of nitrogens with zero attached hydrogens (tertiary/aromatic N) is 3. The molecule has 0 fully saturated rings. The Balaban J connectivity index is 1.78. The van der Waals surface area contributed by atoms with Crippen LogP contribution in [0.4, 0.5) is 0 Å². The van der Waals surface area contributed by atoms with E-state index in [0.29, 0.717) is 6.04 Å². The van der Waals surface area contributed by atoms with E-state index in [1.165, 1.54) is 22.4 Å². The number of hydrogen-bond donors (Lipinski definition) is 1. The highest BCUT2D eigenvalue weighted by molar-refractivity contribution is 7.17. The van der Waals surface area contributed by atoms with E-state index in [4.69, 9.17) is 4.98 Å². The lowest BCUT2D eigenvalue weighted by Gasteiger charge is -2.24. The fourth-order valence-electron chi connectivity index (χ4n) is 2.95. The van der Waals surface area contributed by atoms with E-state index in [9.17, 15) is 0 Å². The fraction of sp³-hybridized carbons (Fsp3) is 0.312. The maximum absolute atomic E-state index is 4.79. The van der Waals surface area contributed by atoms with Gasteiger partial charge >= 0.3 is 0 Å². The SMILES string of the molecule is CNC1CCCc2nc(-c3cnc4ccsc4c3)ncc21. The Hall–Kier alpha value is -1.85. The molecule has 106 valence electrons. The van der Waals surface area contributed by atoms with Crippen molar-refractivity contribution in [1.29, 1.82) is 0 Å². The fourth-order valence-corrected chi connectivity index (χ4v) is 3.73. The van der Waals surface area contributed by atoms with Gasteiger partial charge in [-0.3, -0.25) is 4.98 Å². The number of nitrogens with one attached hydrogen (secondary N) is 1. The molecule has 3 heterocycles. The molecule has 1 aliphatic rings. The van der Waals surface area contributed by atoms with Crippen molar-refractivity contribution in [3.8, 4) is 11.4 Å². The molecule has 4 nitrogen and oxygen atoms in total. The molecule has 1 unspecified atom stereocenters. The minimum atomic E-state index is 0.390. The third-order valence-electron chi connectivity index (χ3n) is 4.09. The Kier molecular flexibility index (Phi) is 3.16. The summed E-state index contributed by atoms with van der Waals surface area (Å²) >= 11 is 1.70. The Morgan fingerprint density at radius 2 is 2.24 bits per heavy atom. The van der Waals surface area contributed by atoms with Crippen molar-refractivity contribution < 1.29 is 0 Å². The molecular formula is C16H16N4S. The number of hydrogen-bond acceptors (Lipinski definition) is 5. The summed E-state index contributed by atoms with van der Waals surface area (Å²) in [5.74, 6) is 0.785. The van der Waals surface area contributed by atoms with Gasteiger partial charge in [0.05, 0.1) is 10.2 Å². The molecule has 1 atom stereocenters. The second-order valence-electron chi connectivity index (χ2n) is 5.36. The van der Waals surface area contributed by atoms with Crippen LogP contribution in [0.15, 0.2) is 29.9 Å². The summed E-state index contributed by atoms with van der Waals surface area (Å²) in [6, 6.07) is 4.56. The summed E-state index contributed by atoms with van der Waals surface area (Å²) < 4.78 is 1.18. The third kappa shape index (κ3) is 2.22. The summed E-state index contributed by atoms with van der Waals surface area (Å²) in [5.41, 5.74) is 4.46. The molecule has 3 aromatic rings. The van der Waals surface area contributed by atoms with Crippen LogP contribution in [0.5, 0.6) is 0 Å². The van der Waals surface area contributed by atoms with E-state index in [2.05, 4.69) is 26.7 Å². The number of fused-ring (bicyclic) bond motifs is 2. The van der Waals surface area contributed by atoms with E-state index in [-0.39, 0.29) is 0 Å². The van der Waals surface area contributed by atoms with Gasteiger partial charge in [-0.05, 0) is 43.8 Å². The van der Waals surface area contributed by atoms with Crippen molar-refractivity contribution >= 4 is 21.6 Å². The lowest BCUT2D eigenvalue weighted by Crippen LogP contribution is -2.22.